The summed E-state index contributed by atoms with van der Waals surface area (Å²) in [5.74, 6) is 0.489. The Labute approximate surface area is 159 Å². The predicted molar refractivity (Wildman–Crippen MR) is 102 cm³/mol. The van der Waals surface area contributed by atoms with Gasteiger partial charge in [0, 0.05) is 30.8 Å². The first-order valence-electron chi connectivity index (χ1n) is 8.35. The number of hydrogen-bond acceptors (Lipinski definition) is 7. The molecule has 0 bridgehead atoms. The maximum absolute atomic E-state index is 11.9. The first kappa shape index (κ1) is 18.6. The number of anilines is 1. The van der Waals surface area contributed by atoms with Gasteiger partial charge in [0.25, 0.3) is 5.69 Å². The Morgan fingerprint density at radius 1 is 1.26 bits per heavy atom. The molecule has 0 saturated heterocycles. The second-order valence-electron chi connectivity index (χ2n) is 5.73. The van der Waals surface area contributed by atoms with Crippen molar-refractivity contribution in [2.24, 2.45) is 0 Å². The number of nitrogens with one attached hydrogen (secondary N) is 2. The highest BCUT2D eigenvalue weighted by Crippen LogP contribution is 2.23. The van der Waals surface area contributed by atoms with Crippen LogP contribution in [0.15, 0.2) is 52.5 Å². The van der Waals surface area contributed by atoms with Gasteiger partial charge in [0.2, 0.25) is 11.8 Å². The van der Waals surface area contributed by atoms with Crippen LogP contribution in [0.3, 0.4) is 0 Å². The predicted octanol–water partition coefficient (Wildman–Crippen LogP) is 3.82. The summed E-state index contributed by atoms with van der Waals surface area (Å²) in [5.41, 5.74) is 1.51. The van der Waals surface area contributed by atoms with Crippen LogP contribution < -0.4 is 10.6 Å². The molecule has 2 heterocycles. The van der Waals surface area contributed by atoms with Crippen LogP contribution in [0.1, 0.15) is 18.5 Å². The van der Waals surface area contributed by atoms with Crippen molar-refractivity contribution in [1.29, 1.82) is 0 Å². The summed E-state index contributed by atoms with van der Waals surface area (Å²) >= 11 is 1.54. The van der Waals surface area contributed by atoms with Gasteiger partial charge >= 0.3 is 0 Å². The van der Waals surface area contributed by atoms with Crippen molar-refractivity contribution in [3.05, 3.63) is 63.8 Å². The topological polar surface area (TPSA) is 110 Å². The molecule has 0 radical (unpaired) electrons. The lowest BCUT2D eigenvalue weighted by Crippen LogP contribution is -2.23. The van der Waals surface area contributed by atoms with E-state index in [-0.39, 0.29) is 11.6 Å². The molecule has 140 valence electrons. The fraction of sp³-hybridized carbons (Fsp3) is 0.222. The van der Waals surface area contributed by atoms with Gasteiger partial charge in [0.1, 0.15) is 6.26 Å². The molecule has 8 nitrogen and oxygen atoms in total. The number of hydrogen-bond donors (Lipinski definition) is 2. The molecule has 0 spiro atoms. The van der Waals surface area contributed by atoms with E-state index in [1.807, 2.05) is 17.5 Å². The lowest BCUT2D eigenvalue weighted by Gasteiger charge is -2.06. The lowest BCUT2D eigenvalue weighted by atomic mass is 10.2. The number of aromatic nitrogens is 1. The number of rotatable bonds is 9. The van der Waals surface area contributed by atoms with Gasteiger partial charge in [-0.2, -0.15) is 0 Å². The van der Waals surface area contributed by atoms with Gasteiger partial charge < -0.3 is 15.1 Å². The van der Waals surface area contributed by atoms with E-state index in [1.54, 1.807) is 29.7 Å². The number of oxazole rings is 1. The van der Waals surface area contributed by atoms with Gasteiger partial charge in [-0.3, -0.25) is 14.9 Å². The lowest BCUT2D eigenvalue weighted by molar-refractivity contribution is -0.384. The Morgan fingerprint density at radius 2 is 2.07 bits per heavy atom. The van der Waals surface area contributed by atoms with E-state index in [2.05, 4.69) is 15.6 Å². The third kappa shape index (κ3) is 5.38. The number of non-ortho nitro benzene ring substituents is 1. The SMILES string of the molecule is O=C(CCCNc1ccc([N+](=O)[O-])cc1)NCc1coc(-c2cccs2)n1. The van der Waals surface area contributed by atoms with E-state index < -0.39 is 4.92 Å². The number of nitro groups is 1. The van der Waals surface area contributed by atoms with Crippen LogP contribution in [0.2, 0.25) is 0 Å². The summed E-state index contributed by atoms with van der Waals surface area (Å²) in [6, 6.07) is 10.0. The zero-order chi connectivity index (χ0) is 19.1. The van der Waals surface area contributed by atoms with Gasteiger partial charge in [0.15, 0.2) is 0 Å². The summed E-state index contributed by atoms with van der Waals surface area (Å²) in [5, 5.41) is 18.5. The van der Waals surface area contributed by atoms with Crippen molar-refractivity contribution in [2.45, 2.75) is 19.4 Å². The molecule has 0 aliphatic carbocycles. The number of nitrogens with zero attached hydrogens (tertiary/aromatic N) is 2. The Kier molecular flexibility index (Phi) is 6.16. The van der Waals surface area contributed by atoms with E-state index in [4.69, 9.17) is 4.42 Å². The maximum Gasteiger partial charge on any atom is 0.269 e. The van der Waals surface area contributed by atoms with Crippen molar-refractivity contribution in [3.8, 4) is 10.8 Å². The highest BCUT2D eigenvalue weighted by molar-refractivity contribution is 7.13. The molecule has 9 heteroatoms. The molecule has 27 heavy (non-hydrogen) atoms. The second kappa shape index (κ2) is 8.95. The third-order valence-corrected chi connectivity index (χ3v) is 4.60. The molecule has 0 saturated carbocycles. The molecule has 0 aliphatic rings. The molecule has 0 fully saturated rings. The van der Waals surface area contributed by atoms with E-state index in [0.717, 1.165) is 10.6 Å². The minimum Gasteiger partial charge on any atom is -0.443 e. The highest BCUT2D eigenvalue weighted by Gasteiger charge is 2.09. The minimum absolute atomic E-state index is 0.0509. The van der Waals surface area contributed by atoms with E-state index in [0.29, 0.717) is 37.5 Å². The first-order chi connectivity index (χ1) is 13.1. The van der Waals surface area contributed by atoms with Crippen LogP contribution in [0.25, 0.3) is 10.8 Å². The van der Waals surface area contributed by atoms with E-state index >= 15 is 0 Å². The fourth-order valence-electron chi connectivity index (χ4n) is 2.36. The Hall–Kier alpha value is -3.20. The van der Waals surface area contributed by atoms with Crippen molar-refractivity contribution in [1.82, 2.24) is 10.3 Å². The van der Waals surface area contributed by atoms with Crippen molar-refractivity contribution in [2.75, 3.05) is 11.9 Å². The smallest absolute Gasteiger partial charge is 0.269 e. The van der Waals surface area contributed by atoms with Crippen LogP contribution in [-0.2, 0) is 11.3 Å². The van der Waals surface area contributed by atoms with Gasteiger partial charge in [0.05, 0.1) is 22.0 Å². The largest absolute Gasteiger partial charge is 0.443 e. The summed E-state index contributed by atoms with van der Waals surface area (Å²) in [6.07, 6.45) is 2.56. The average Bonchev–Trinajstić information content (AvgIpc) is 3.35. The number of carbonyl (C=O) groups is 1. The van der Waals surface area contributed by atoms with Crippen LogP contribution in [0.5, 0.6) is 0 Å². The number of amides is 1. The summed E-state index contributed by atoms with van der Waals surface area (Å²) in [4.78, 5) is 27.4. The number of thiophene rings is 1. The molecule has 0 unspecified atom stereocenters. The number of nitro benzene ring substituents is 1. The van der Waals surface area contributed by atoms with Gasteiger partial charge in [-0.15, -0.1) is 11.3 Å². The molecule has 2 aromatic heterocycles. The molecule has 3 rings (SSSR count). The zero-order valence-electron chi connectivity index (χ0n) is 14.4. The Morgan fingerprint density at radius 3 is 2.78 bits per heavy atom. The van der Waals surface area contributed by atoms with Crippen LogP contribution in [0, 0.1) is 10.1 Å². The molecule has 0 atom stereocenters. The van der Waals surface area contributed by atoms with E-state index in [9.17, 15) is 14.9 Å². The van der Waals surface area contributed by atoms with Crippen molar-refractivity contribution < 1.29 is 14.1 Å². The summed E-state index contributed by atoms with van der Waals surface area (Å²) < 4.78 is 5.41. The minimum atomic E-state index is -0.438. The van der Waals surface area contributed by atoms with Gasteiger partial charge in [-0.25, -0.2) is 4.98 Å². The summed E-state index contributed by atoms with van der Waals surface area (Å²) in [6.45, 7) is 0.918. The van der Waals surface area contributed by atoms with Gasteiger partial charge in [-0.1, -0.05) is 6.07 Å². The monoisotopic (exact) mass is 386 g/mol. The molecular formula is C18H18N4O4S. The van der Waals surface area contributed by atoms with Crippen molar-refractivity contribution in [3.63, 3.8) is 0 Å². The Balaban J connectivity index is 1.34. The van der Waals surface area contributed by atoms with Crippen LogP contribution in [0.4, 0.5) is 11.4 Å². The van der Waals surface area contributed by atoms with Crippen molar-refractivity contribution >= 4 is 28.6 Å². The number of benzene rings is 1. The maximum atomic E-state index is 11.9. The molecule has 1 aromatic carbocycles. The van der Waals surface area contributed by atoms with Crippen LogP contribution >= 0.6 is 11.3 Å². The van der Waals surface area contributed by atoms with E-state index in [1.165, 1.54) is 12.1 Å². The summed E-state index contributed by atoms with van der Waals surface area (Å²) in [7, 11) is 0. The fourth-order valence-corrected chi connectivity index (χ4v) is 3.02. The van der Waals surface area contributed by atoms with Gasteiger partial charge in [-0.05, 0) is 30.0 Å². The zero-order valence-corrected chi connectivity index (χ0v) is 15.2. The molecule has 3 aromatic rings. The Bertz CT molecular complexity index is 890. The molecular weight excluding hydrogens is 368 g/mol. The molecule has 1 amide bonds. The second-order valence-corrected chi connectivity index (χ2v) is 6.68. The molecule has 0 aliphatic heterocycles. The average molecular weight is 386 g/mol. The highest BCUT2D eigenvalue weighted by atomic mass is 32.1. The van der Waals surface area contributed by atoms with Crippen LogP contribution in [-0.4, -0.2) is 22.4 Å². The third-order valence-electron chi connectivity index (χ3n) is 3.74. The number of carbonyl (C=O) groups excluding carboxylic acids is 1. The molecule has 2 N–H and O–H groups in total. The standard InChI is InChI=1S/C18H18N4O4S/c23-17(4-1-9-19-13-5-7-15(8-6-13)22(24)25)20-11-14-12-26-18(21-14)16-3-2-10-27-16/h2-3,5-8,10,12,19H,1,4,9,11H2,(H,20,23). The quantitative estimate of drug-likeness (QED) is 0.329. The normalized spacial score (nSPS) is 10.5. The first-order valence-corrected chi connectivity index (χ1v) is 9.23.